The van der Waals surface area contributed by atoms with Crippen molar-refractivity contribution in [3.05, 3.63) is 52.4 Å². The Morgan fingerprint density at radius 1 is 1.17 bits per heavy atom. The summed E-state index contributed by atoms with van der Waals surface area (Å²) in [6.45, 7) is 12.2. The molecule has 3 rings (SSSR count). The van der Waals surface area contributed by atoms with Crippen molar-refractivity contribution in [2.75, 3.05) is 39.9 Å². The summed E-state index contributed by atoms with van der Waals surface area (Å²) >= 11 is 0. The number of aromatic nitrogens is 1. The van der Waals surface area contributed by atoms with Crippen LogP contribution in [0.1, 0.15) is 41.0 Å². The van der Waals surface area contributed by atoms with Crippen LogP contribution < -0.4 is 10.6 Å². The normalized spacial score (nSPS) is 16.6. The Kier molecular flexibility index (Phi) is 7.66. The Hall–Kier alpha value is -2.38. The van der Waals surface area contributed by atoms with E-state index in [2.05, 4.69) is 56.9 Å². The highest BCUT2D eigenvalue weighted by molar-refractivity contribution is 5.79. The Bertz CT molecular complexity index is 792. The molecule has 0 amide bonds. The van der Waals surface area contributed by atoms with Crippen LogP contribution in [0.25, 0.3) is 0 Å². The van der Waals surface area contributed by atoms with Crippen LogP contribution in [0.3, 0.4) is 0 Å². The number of hydrogen-bond acceptors (Lipinski definition) is 5. The van der Waals surface area contributed by atoms with Crippen molar-refractivity contribution in [3.8, 4) is 0 Å². The molecule has 2 N–H and O–H groups in total. The number of hydrogen-bond donors (Lipinski definition) is 2. The minimum atomic E-state index is 0.286. The van der Waals surface area contributed by atoms with Gasteiger partial charge in [-0.25, -0.2) is 0 Å². The molecular formula is C22H33N5O2. The molecule has 1 fully saturated rings. The highest BCUT2D eigenvalue weighted by Crippen LogP contribution is 2.22. The van der Waals surface area contributed by atoms with Gasteiger partial charge in [0.15, 0.2) is 5.96 Å². The summed E-state index contributed by atoms with van der Waals surface area (Å²) < 4.78 is 10.8. The van der Waals surface area contributed by atoms with E-state index in [1.165, 1.54) is 16.7 Å². The zero-order valence-electron chi connectivity index (χ0n) is 18.0. The van der Waals surface area contributed by atoms with Gasteiger partial charge in [0.05, 0.1) is 18.9 Å². The first-order valence-electron chi connectivity index (χ1n) is 10.3. The topological polar surface area (TPSA) is 74.9 Å². The van der Waals surface area contributed by atoms with Gasteiger partial charge in [-0.2, -0.15) is 0 Å². The van der Waals surface area contributed by atoms with Crippen LogP contribution in [0.5, 0.6) is 0 Å². The molecule has 158 valence electrons. The lowest BCUT2D eigenvalue weighted by Crippen LogP contribution is -2.39. The number of nitrogens with zero attached hydrogens (tertiary/aromatic N) is 3. The van der Waals surface area contributed by atoms with Gasteiger partial charge in [-0.1, -0.05) is 36.3 Å². The maximum absolute atomic E-state index is 5.46. The predicted octanol–water partition coefficient (Wildman–Crippen LogP) is 2.59. The number of morpholine rings is 1. The summed E-state index contributed by atoms with van der Waals surface area (Å²) in [6.07, 6.45) is 0. The van der Waals surface area contributed by atoms with Crippen molar-refractivity contribution in [2.24, 2.45) is 4.99 Å². The molecule has 1 aromatic heterocycles. The summed E-state index contributed by atoms with van der Waals surface area (Å²) in [5.74, 6) is 1.97. The molecular weight excluding hydrogens is 366 g/mol. The number of benzene rings is 1. The molecule has 1 aromatic carbocycles. The zero-order valence-corrected chi connectivity index (χ0v) is 18.0. The molecule has 0 saturated carbocycles. The molecule has 1 unspecified atom stereocenters. The smallest absolute Gasteiger partial charge is 0.191 e. The average Bonchev–Trinajstić information content (AvgIpc) is 3.08. The maximum Gasteiger partial charge on any atom is 0.191 e. The first-order valence-corrected chi connectivity index (χ1v) is 10.3. The minimum Gasteiger partial charge on any atom is -0.379 e. The summed E-state index contributed by atoms with van der Waals surface area (Å²) in [4.78, 5) is 6.82. The molecule has 0 aliphatic carbocycles. The fraction of sp³-hybridized carbons (Fsp3) is 0.545. The largest absolute Gasteiger partial charge is 0.379 e. The second-order valence-corrected chi connectivity index (χ2v) is 7.60. The Morgan fingerprint density at radius 2 is 1.90 bits per heavy atom. The molecule has 29 heavy (non-hydrogen) atoms. The predicted molar refractivity (Wildman–Crippen MR) is 115 cm³/mol. The average molecular weight is 400 g/mol. The summed E-state index contributed by atoms with van der Waals surface area (Å²) in [7, 11) is 1.80. The van der Waals surface area contributed by atoms with E-state index in [0.717, 1.165) is 63.4 Å². The van der Waals surface area contributed by atoms with Crippen LogP contribution in [0.2, 0.25) is 0 Å². The zero-order chi connectivity index (χ0) is 20.6. The lowest BCUT2D eigenvalue weighted by atomic mass is 10.00. The van der Waals surface area contributed by atoms with E-state index in [1.54, 1.807) is 7.05 Å². The van der Waals surface area contributed by atoms with Crippen LogP contribution >= 0.6 is 0 Å². The molecule has 1 atom stereocenters. The maximum atomic E-state index is 5.46. The highest BCUT2D eigenvalue weighted by Gasteiger charge is 2.17. The van der Waals surface area contributed by atoms with Gasteiger partial charge in [-0.3, -0.25) is 9.89 Å². The Labute approximate surface area is 173 Å². The van der Waals surface area contributed by atoms with E-state index in [0.29, 0.717) is 0 Å². The number of aryl methyl sites for hydroxylation is 2. The van der Waals surface area contributed by atoms with Crippen molar-refractivity contribution < 1.29 is 9.26 Å². The molecule has 1 saturated heterocycles. The van der Waals surface area contributed by atoms with Gasteiger partial charge in [0.1, 0.15) is 5.76 Å². The minimum absolute atomic E-state index is 0.286. The third-order valence-corrected chi connectivity index (χ3v) is 5.44. The molecule has 0 bridgehead atoms. The monoisotopic (exact) mass is 399 g/mol. The van der Waals surface area contributed by atoms with Gasteiger partial charge in [-0.05, 0) is 25.0 Å². The van der Waals surface area contributed by atoms with E-state index >= 15 is 0 Å². The van der Waals surface area contributed by atoms with Gasteiger partial charge < -0.3 is 19.9 Å². The first kappa shape index (κ1) is 21.3. The van der Waals surface area contributed by atoms with Crippen molar-refractivity contribution >= 4 is 5.96 Å². The van der Waals surface area contributed by atoms with Gasteiger partial charge in [0, 0.05) is 51.3 Å². The van der Waals surface area contributed by atoms with Crippen molar-refractivity contribution in [3.63, 3.8) is 0 Å². The van der Waals surface area contributed by atoms with Crippen LogP contribution in [-0.4, -0.2) is 55.9 Å². The fourth-order valence-corrected chi connectivity index (χ4v) is 3.83. The number of nitrogens with one attached hydrogen (secondary N) is 2. The molecule has 1 aliphatic heterocycles. The standard InChI is InChI=1S/C22H33N5O2/c1-16(21-17(2)26-29-18(21)3)13-24-22(23-4)25-14-19-7-5-6-8-20(19)15-27-9-11-28-12-10-27/h5-8,16H,9-15H2,1-4H3,(H2,23,24,25). The molecule has 2 heterocycles. The Morgan fingerprint density at radius 3 is 2.55 bits per heavy atom. The lowest BCUT2D eigenvalue weighted by Gasteiger charge is -2.27. The van der Waals surface area contributed by atoms with E-state index < -0.39 is 0 Å². The highest BCUT2D eigenvalue weighted by atomic mass is 16.5. The lowest BCUT2D eigenvalue weighted by molar-refractivity contribution is 0.0341. The van der Waals surface area contributed by atoms with E-state index in [9.17, 15) is 0 Å². The summed E-state index contributed by atoms with van der Waals surface area (Å²) in [5, 5.41) is 10.9. The third-order valence-electron chi connectivity index (χ3n) is 5.44. The SMILES string of the molecule is CN=C(NCc1ccccc1CN1CCOCC1)NCC(C)c1c(C)noc1C. The second-order valence-electron chi connectivity index (χ2n) is 7.60. The molecule has 0 radical (unpaired) electrons. The van der Waals surface area contributed by atoms with Crippen LogP contribution in [0.15, 0.2) is 33.8 Å². The van der Waals surface area contributed by atoms with Gasteiger partial charge in [0.2, 0.25) is 0 Å². The quantitative estimate of drug-likeness (QED) is 0.551. The van der Waals surface area contributed by atoms with Gasteiger partial charge in [-0.15, -0.1) is 0 Å². The number of aliphatic imine (C=N–C) groups is 1. The van der Waals surface area contributed by atoms with Crippen molar-refractivity contribution in [1.82, 2.24) is 20.7 Å². The van der Waals surface area contributed by atoms with Gasteiger partial charge >= 0.3 is 0 Å². The molecule has 0 spiro atoms. The van der Waals surface area contributed by atoms with E-state index in [1.807, 2.05) is 13.8 Å². The van der Waals surface area contributed by atoms with Crippen molar-refractivity contribution in [1.29, 1.82) is 0 Å². The van der Waals surface area contributed by atoms with Crippen LogP contribution in [-0.2, 0) is 17.8 Å². The Balaban J connectivity index is 1.54. The molecule has 7 nitrogen and oxygen atoms in total. The summed E-state index contributed by atoms with van der Waals surface area (Å²) in [5.41, 5.74) is 4.77. The van der Waals surface area contributed by atoms with Crippen LogP contribution in [0, 0.1) is 13.8 Å². The van der Waals surface area contributed by atoms with E-state index in [4.69, 9.17) is 9.26 Å². The number of ether oxygens (including phenoxy) is 1. The van der Waals surface area contributed by atoms with E-state index in [-0.39, 0.29) is 5.92 Å². The number of rotatable bonds is 7. The van der Waals surface area contributed by atoms with Crippen molar-refractivity contribution in [2.45, 2.75) is 39.8 Å². The van der Waals surface area contributed by atoms with Gasteiger partial charge in [0.25, 0.3) is 0 Å². The van der Waals surface area contributed by atoms with Crippen LogP contribution in [0.4, 0.5) is 0 Å². The molecule has 7 heteroatoms. The third kappa shape index (κ3) is 5.81. The molecule has 2 aromatic rings. The molecule has 1 aliphatic rings. The fourth-order valence-electron chi connectivity index (χ4n) is 3.83. The number of guanidine groups is 1. The summed E-state index contributed by atoms with van der Waals surface area (Å²) in [6, 6.07) is 8.60. The second kappa shape index (κ2) is 10.4. The first-order chi connectivity index (χ1) is 14.1.